The van der Waals surface area contributed by atoms with Crippen LogP contribution >= 0.6 is 0 Å². The summed E-state index contributed by atoms with van der Waals surface area (Å²) in [5.41, 5.74) is 2.64. The number of phenolic OH excluding ortho intramolecular Hbond substituents is 1. The van der Waals surface area contributed by atoms with E-state index in [-0.39, 0.29) is 0 Å². The summed E-state index contributed by atoms with van der Waals surface area (Å²) < 4.78 is 0. The lowest BCUT2D eigenvalue weighted by Crippen LogP contribution is -2.20. The predicted octanol–water partition coefficient (Wildman–Crippen LogP) is 4.07. The molecule has 2 aromatic rings. The Labute approximate surface area is 121 Å². The number of aryl methyl sites for hydroxylation is 1. The molecule has 0 aliphatic carbocycles. The van der Waals surface area contributed by atoms with Crippen molar-refractivity contribution in [2.45, 2.75) is 32.2 Å². The van der Waals surface area contributed by atoms with Crippen LogP contribution in [-0.4, -0.2) is 11.7 Å². The second kappa shape index (κ2) is 7.71. The van der Waals surface area contributed by atoms with E-state index in [1.165, 1.54) is 11.1 Å². The molecule has 106 valence electrons. The molecule has 0 aromatic heterocycles. The summed E-state index contributed by atoms with van der Waals surface area (Å²) in [5.74, 6) is 0.337. The normalized spacial score (nSPS) is 12.2. The Morgan fingerprint density at radius 3 is 2.35 bits per heavy atom. The van der Waals surface area contributed by atoms with E-state index < -0.39 is 0 Å². The summed E-state index contributed by atoms with van der Waals surface area (Å²) in [6.45, 7) is 3.13. The van der Waals surface area contributed by atoms with Crippen LogP contribution in [0.2, 0.25) is 0 Å². The van der Waals surface area contributed by atoms with Gasteiger partial charge in [0.1, 0.15) is 5.75 Å². The third-order valence-corrected chi connectivity index (χ3v) is 3.55. The van der Waals surface area contributed by atoms with Crippen molar-refractivity contribution < 1.29 is 5.11 Å². The van der Waals surface area contributed by atoms with Gasteiger partial charge in [-0.3, -0.25) is 0 Å². The van der Waals surface area contributed by atoms with E-state index in [1.54, 1.807) is 12.1 Å². The van der Waals surface area contributed by atoms with Crippen LogP contribution in [0.4, 0.5) is 0 Å². The summed E-state index contributed by atoms with van der Waals surface area (Å²) in [6, 6.07) is 18.6. The van der Waals surface area contributed by atoms with Gasteiger partial charge >= 0.3 is 0 Å². The van der Waals surface area contributed by atoms with E-state index >= 15 is 0 Å². The number of aromatic hydroxyl groups is 1. The molecular formula is C18H23NO. The number of phenols is 1. The molecule has 0 saturated carbocycles. The lowest BCUT2D eigenvalue weighted by molar-refractivity contribution is 0.474. The van der Waals surface area contributed by atoms with E-state index in [0.29, 0.717) is 11.8 Å². The van der Waals surface area contributed by atoms with Crippen molar-refractivity contribution in [2.24, 2.45) is 0 Å². The number of benzene rings is 2. The SMILES string of the molecule is CCNC(CCCc1ccc(O)cc1)c1ccccc1. The van der Waals surface area contributed by atoms with Crippen molar-refractivity contribution in [1.82, 2.24) is 5.32 Å². The molecule has 0 radical (unpaired) electrons. The summed E-state index contributed by atoms with van der Waals surface area (Å²) in [7, 11) is 0. The van der Waals surface area contributed by atoms with Crippen LogP contribution in [0, 0.1) is 0 Å². The van der Waals surface area contributed by atoms with E-state index in [4.69, 9.17) is 0 Å². The van der Waals surface area contributed by atoms with Crippen LogP contribution < -0.4 is 5.32 Å². The second-order valence-electron chi connectivity index (χ2n) is 5.08. The summed E-state index contributed by atoms with van der Waals surface area (Å²) in [4.78, 5) is 0. The average Bonchev–Trinajstić information content (AvgIpc) is 2.49. The summed E-state index contributed by atoms with van der Waals surface area (Å²) in [5, 5.41) is 12.8. The predicted molar refractivity (Wildman–Crippen MR) is 83.9 cm³/mol. The van der Waals surface area contributed by atoms with Gasteiger partial charge in [-0.25, -0.2) is 0 Å². The van der Waals surface area contributed by atoms with E-state index in [1.807, 2.05) is 12.1 Å². The lowest BCUT2D eigenvalue weighted by Gasteiger charge is -2.18. The van der Waals surface area contributed by atoms with Crippen molar-refractivity contribution in [2.75, 3.05) is 6.54 Å². The molecule has 0 fully saturated rings. The Morgan fingerprint density at radius 2 is 1.70 bits per heavy atom. The molecule has 2 nitrogen and oxygen atoms in total. The van der Waals surface area contributed by atoms with E-state index in [9.17, 15) is 5.11 Å². The van der Waals surface area contributed by atoms with Gasteiger partial charge in [0.15, 0.2) is 0 Å². The molecular weight excluding hydrogens is 246 g/mol. The Morgan fingerprint density at radius 1 is 1.00 bits per heavy atom. The van der Waals surface area contributed by atoms with Crippen molar-refractivity contribution in [3.8, 4) is 5.75 Å². The topological polar surface area (TPSA) is 32.3 Å². The standard InChI is InChI=1S/C18H23NO/c1-2-19-18(16-8-4-3-5-9-16)10-6-7-15-11-13-17(20)14-12-15/h3-5,8-9,11-14,18-20H,2,6-7,10H2,1H3. The third kappa shape index (κ3) is 4.39. The van der Waals surface area contributed by atoms with Crippen LogP contribution in [0.3, 0.4) is 0 Å². The van der Waals surface area contributed by atoms with Gasteiger partial charge in [0.25, 0.3) is 0 Å². The van der Waals surface area contributed by atoms with Gasteiger partial charge in [-0.2, -0.15) is 0 Å². The molecule has 1 atom stereocenters. The minimum atomic E-state index is 0.337. The molecule has 0 heterocycles. The molecule has 0 aliphatic rings. The third-order valence-electron chi connectivity index (χ3n) is 3.55. The highest BCUT2D eigenvalue weighted by atomic mass is 16.3. The van der Waals surface area contributed by atoms with E-state index in [0.717, 1.165) is 25.8 Å². The molecule has 0 aliphatic heterocycles. The van der Waals surface area contributed by atoms with Gasteiger partial charge in [0.2, 0.25) is 0 Å². The zero-order valence-electron chi connectivity index (χ0n) is 12.0. The maximum atomic E-state index is 9.28. The number of nitrogens with one attached hydrogen (secondary N) is 1. The van der Waals surface area contributed by atoms with Gasteiger partial charge in [0.05, 0.1) is 0 Å². The Balaban J connectivity index is 1.88. The highest BCUT2D eigenvalue weighted by molar-refractivity contribution is 5.26. The van der Waals surface area contributed by atoms with Gasteiger partial charge in [-0.15, -0.1) is 0 Å². The first-order valence-corrected chi connectivity index (χ1v) is 7.36. The zero-order valence-corrected chi connectivity index (χ0v) is 12.0. The Bertz CT molecular complexity index is 493. The van der Waals surface area contributed by atoms with Crippen molar-refractivity contribution >= 4 is 0 Å². The van der Waals surface area contributed by atoms with Crippen LogP contribution in [0.15, 0.2) is 54.6 Å². The van der Waals surface area contributed by atoms with E-state index in [2.05, 4.69) is 42.6 Å². The highest BCUT2D eigenvalue weighted by Crippen LogP contribution is 2.20. The van der Waals surface area contributed by atoms with Crippen molar-refractivity contribution in [3.05, 3.63) is 65.7 Å². The molecule has 2 N–H and O–H groups in total. The first-order valence-electron chi connectivity index (χ1n) is 7.36. The maximum Gasteiger partial charge on any atom is 0.115 e. The van der Waals surface area contributed by atoms with Gasteiger partial charge in [-0.05, 0) is 49.1 Å². The van der Waals surface area contributed by atoms with Crippen LogP contribution in [0.1, 0.15) is 36.9 Å². The minimum Gasteiger partial charge on any atom is -0.508 e. The second-order valence-corrected chi connectivity index (χ2v) is 5.08. The molecule has 2 rings (SSSR count). The monoisotopic (exact) mass is 269 g/mol. The van der Waals surface area contributed by atoms with Gasteiger partial charge in [0, 0.05) is 6.04 Å². The van der Waals surface area contributed by atoms with Gasteiger partial charge < -0.3 is 10.4 Å². The molecule has 0 bridgehead atoms. The molecule has 0 spiro atoms. The molecule has 2 aromatic carbocycles. The number of hydrogen-bond acceptors (Lipinski definition) is 2. The molecule has 0 amide bonds. The van der Waals surface area contributed by atoms with Crippen LogP contribution in [0.5, 0.6) is 5.75 Å². The van der Waals surface area contributed by atoms with Crippen LogP contribution in [-0.2, 0) is 6.42 Å². The fourth-order valence-electron chi connectivity index (χ4n) is 2.49. The maximum absolute atomic E-state index is 9.28. The minimum absolute atomic E-state index is 0.337. The Kier molecular flexibility index (Phi) is 5.63. The molecule has 2 heteroatoms. The lowest BCUT2D eigenvalue weighted by atomic mass is 9.99. The van der Waals surface area contributed by atoms with Crippen molar-refractivity contribution in [3.63, 3.8) is 0 Å². The number of rotatable bonds is 7. The Hall–Kier alpha value is -1.80. The fraction of sp³-hybridized carbons (Fsp3) is 0.333. The molecule has 0 saturated heterocycles. The highest BCUT2D eigenvalue weighted by Gasteiger charge is 2.09. The summed E-state index contributed by atoms with van der Waals surface area (Å²) >= 11 is 0. The summed E-state index contributed by atoms with van der Waals surface area (Å²) in [6.07, 6.45) is 3.31. The first-order chi connectivity index (χ1) is 9.79. The number of hydrogen-bond donors (Lipinski definition) is 2. The quantitative estimate of drug-likeness (QED) is 0.794. The largest absolute Gasteiger partial charge is 0.508 e. The van der Waals surface area contributed by atoms with Crippen LogP contribution in [0.25, 0.3) is 0 Å². The van der Waals surface area contributed by atoms with Gasteiger partial charge in [-0.1, -0.05) is 49.4 Å². The fourth-order valence-corrected chi connectivity index (χ4v) is 2.49. The molecule has 1 unspecified atom stereocenters. The molecule has 20 heavy (non-hydrogen) atoms. The van der Waals surface area contributed by atoms with Crippen molar-refractivity contribution in [1.29, 1.82) is 0 Å². The first kappa shape index (κ1) is 14.6. The smallest absolute Gasteiger partial charge is 0.115 e. The average molecular weight is 269 g/mol. The zero-order chi connectivity index (χ0) is 14.2.